The molecule has 20 heavy (non-hydrogen) atoms. The number of rotatable bonds is 3. The molecule has 0 aliphatic heterocycles. The predicted molar refractivity (Wildman–Crippen MR) is 83.5 cm³/mol. The Hall–Kier alpha value is -1.31. The summed E-state index contributed by atoms with van der Waals surface area (Å²) in [7, 11) is 0. The van der Waals surface area contributed by atoms with E-state index in [1.807, 2.05) is 6.07 Å². The van der Waals surface area contributed by atoms with Gasteiger partial charge in [-0.2, -0.15) is 0 Å². The summed E-state index contributed by atoms with van der Waals surface area (Å²) in [4.78, 5) is 0. The van der Waals surface area contributed by atoms with E-state index >= 15 is 0 Å². The van der Waals surface area contributed by atoms with Crippen molar-refractivity contribution in [1.82, 2.24) is 5.32 Å². The van der Waals surface area contributed by atoms with Crippen LogP contribution in [0.15, 0.2) is 42.5 Å². The van der Waals surface area contributed by atoms with Crippen LogP contribution in [0.25, 0.3) is 0 Å². The van der Waals surface area contributed by atoms with Gasteiger partial charge in [-0.3, -0.25) is 0 Å². The lowest BCUT2D eigenvalue weighted by atomic mass is 9.77. The van der Waals surface area contributed by atoms with Crippen molar-refractivity contribution in [2.45, 2.75) is 31.2 Å². The largest absolute Gasteiger partial charge is 0.313 e. The van der Waals surface area contributed by atoms with Gasteiger partial charge in [-0.15, -0.1) is 0 Å². The Labute approximate surface area is 125 Å². The summed E-state index contributed by atoms with van der Waals surface area (Å²) >= 11 is 6.07. The molecule has 0 radical (unpaired) electrons. The highest BCUT2D eigenvalue weighted by Gasteiger charge is 2.27. The Morgan fingerprint density at radius 2 is 1.80 bits per heavy atom. The fourth-order valence-corrected chi connectivity index (χ4v) is 3.78. The highest BCUT2D eigenvalue weighted by molar-refractivity contribution is 6.30. The molecule has 2 aliphatic carbocycles. The van der Waals surface area contributed by atoms with Crippen molar-refractivity contribution < 1.29 is 0 Å². The fraction of sp³-hybridized carbons (Fsp3) is 0.333. The first kappa shape index (κ1) is 12.4. The summed E-state index contributed by atoms with van der Waals surface area (Å²) in [6, 6.07) is 15.7. The first-order valence-electron chi connectivity index (χ1n) is 7.38. The second kappa shape index (κ2) is 4.91. The maximum Gasteiger partial charge on any atom is 0.0408 e. The molecule has 0 fully saturated rings. The Morgan fingerprint density at radius 1 is 0.950 bits per heavy atom. The van der Waals surface area contributed by atoms with Gasteiger partial charge in [0.15, 0.2) is 0 Å². The second-order valence-electron chi connectivity index (χ2n) is 6.03. The van der Waals surface area contributed by atoms with Crippen molar-refractivity contribution in [2.24, 2.45) is 0 Å². The lowest BCUT2D eigenvalue weighted by molar-refractivity contribution is 0.469. The minimum absolute atomic E-state index is 0.580. The molecule has 0 amide bonds. The Bertz CT molecular complexity index is 650. The minimum Gasteiger partial charge on any atom is -0.313 e. The molecule has 2 heteroatoms. The van der Waals surface area contributed by atoms with Crippen molar-refractivity contribution in [2.75, 3.05) is 6.54 Å². The second-order valence-corrected chi connectivity index (χ2v) is 6.46. The van der Waals surface area contributed by atoms with Gasteiger partial charge in [0.25, 0.3) is 0 Å². The summed E-state index contributed by atoms with van der Waals surface area (Å²) in [6.45, 7) is 1.10. The number of fused-ring (bicyclic) bond motifs is 2. The van der Waals surface area contributed by atoms with Gasteiger partial charge in [-0.05, 0) is 53.6 Å². The van der Waals surface area contributed by atoms with Gasteiger partial charge in [-0.1, -0.05) is 41.9 Å². The molecule has 2 unspecified atom stereocenters. The lowest BCUT2D eigenvalue weighted by Gasteiger charge is -2.31. The molecule has 0 bridgehead atoms. The zero-order chi connectivity index (χ0) is 13.5. The van der Waals surface area contributed by atoms with E-state index in [4.69, 9.17) is 11.6 Å². The standard InChI is InChI=1S/C18H18ClN/c19-16-6-5-12-9-17(10-14(12)8-16)20-11-15-7-13-3-1-2-4-18(13)15/h1-6,8,15,17,20H,7,9-11H2. The van der Waals surface area contributed by atoms with E-state index < -0.39 is 0 Å². The van der Waals surface area contributed by atoms with Crippen LogP contribution in [0.2, 0.25) is 5.02 Å². The van der Waals surface area contributed by atoms with Crippen molar-refractivity contribution >= 4 is 11.6 Å². The van der Waals surface area contributed by atoms with Crippen LogP contribution in [0.4, 0.5) is 0 Å². The maximum absolute atomic E-state index is 6.07. The highest BCUT2D eigenvalue weighted by Crippen LogP contribution is 2.34. The molecule has 0 saturated heterocycles. The molecule has 0 aromatic heterocycles. The van der Waals surface area contributed by atoms with Gasteiger partial charge in [0.1, 0.15) is 0 Å². The Kier molecular flexibility index (Phi) is 3.05. The van der Waals surface area contributed by atoms with Crippen LogP contribution in [0, 0.1) is 0 Å². The van der Waals surface area contributed by atoms with Gasteiger partial charge in [-0.25, -0.2) is 0 Å². The number of nitrogens with one attached hydrogen (secondary N) is 1. The van der Waals surface area contributed by atoms with Gasteiger partial charge in [0.2, 0.25) is 0 Å². The summed E-state index contributed by atoms with van der Waals surface area (Å²) in [6.07, 6.45) is 3.49. The van der Waals surface area contributed by atoms with Gasteiger partial charge >= 0.3 is 0 Å². The molecule has 102 valence electrons. The fourth-order valence-electron chi connectivity index (χ4n) is 3.58. The van der Waals surface area contributed by atoms with Crippen molar-refractivity contribution in [3.63, 3.8) is 0 Å². The van der Waals surface area contributed by atoms with Gasteiger partial charge in [0.05, 0.1) is 0 Å². The molecule has 1 nitrogen and oxygen atoms in total. The summed E-state index contributed by atoms with van der Waals surface area (Å²) in [5.41, 5.74) is 5.95. The predicted octanol–water partition coefficient (Wildman–Crippen LogP) is 3.74. The zero-order valence-corrected chi connectivity index (χ0v) is 12.2. The van der Waals surface area contributed by atoms with Gasteiger partial charge < -0.3 is 5.32 Å². The molecule has 0 spiro atoms. The summed E-state index contributed by atoms with van der Waals surface area (Å²) in [5, 5.41) is 4.61. The average Bonchev–Trinajstić information content (AvgIpc) is 2.81. The summed E-state index contributed by atoms with van der Waals surface area (Å²) < 4.78 is 0. The topological polar surface area (TPSA) is 12.0 Å². The van der Waals surface area contributed by atoms with E-state index in [-0.39, 0.29) is 0 Å². The molecule has 2 aliphatic rings. The van der Waals surface area contributed by atoms with Crippen LogP contribution in [0.3, 0.4) is 0 Å². The highest BCUT2D eigenvalue weighted by atomic mass is 35.5. The van der Waals surface area contributed by atoms with Crippen molar-refractivity contribution in [3.05, 3.63) is 69.7 Å². The van der Waals surface area contributed by atoms with Crippen LogP contribution >= 0.6 is 11.6 Å². The Morgan fingerprint density at radius 3 is 2.70 bits per heavy atom. The molecule has 2 atom stereocenters. The maximum atomic E-state index is 6.07. The molecule has 2 aromatic carbocycles. The molecular formula is C18H18ClN. The minimum atomic E-state index is 0.580. The van der Waals surface area contributed by atoms with E-state index in [2.05, 4.69) is 41.7 Å². The number of benzene rings is 2. The third kappa shape index (κ3) is 2.15. The zero-order valence-electron chi connectivity index (χ0n) is 11.4. The first-order chi connectivity index (χ1) is 9.79. The van der Waals surface area contributed by atoms with Crippen LogP contribution in [0.1, 0.15) is 28.2 Å². The molecule has 0 heterocycles. The molecule has 2 aromatic rings. The van der Waals surface area contributed by atoms with Gasteiger partial charge in [0, 0.05) is 23.5 Å². The van der Waals surface area contributed by atoms with Crippen LogP contribution in [-0.2, 0) is 19.3 Å². The third-order valence-corrected chi connectivity index (χ3v) is 4.95. The molecule has 0 saturated carbocycles. The van der Waals surface area contributed by atoms with Crippen molar-refractivity contribution in [1.29, 1.82) is 0 Å². The molecular weight excluding hydrogens is 266 g/mol. The number of hydrogen-bond donors (Lipinski definition) is 1. The van der Waals surface area contributed by atoms with E-state index in [9.17, 15) is 0 Å². The monoisotopic (exact) mass is 283 g/mol. The van der Waals surface area contributed by atoms with Crippen LogP contribution < -0.4 is 5.32 Å². The SMILES string of the molecule is Clc1ccc2c(c1)CC(NCC1Cc3ccccc31)C2. The van der Waals surface area contributed by atoms with E-state index in [1.54, 1.807) is 5.56 Å². The first-order valence-corrected chi connectivity index (χ1v) is 7.76. The van der Waals surface area contributed by atoms with Crippen LogP contribution in [0.5, 0.6) is 0 Å². The van der Waals surface area contributed by atoms with E-state index in [0.29, 0.717) is 12.0 Å². The third-order valence-electron chi connectivity index (χ3n) is 4.72. The average molecular weight is 284 g/mol. The number of halogens is 1. The number of hydrogen-bond acceptors (Lipinski definition) is 1. The molecule has 1 N–H and O–H groups in total. The smallest absolute Gasteiger partial charge is 0.0408 e. The van der Waals surface area contributed by atoms with E-state index in [1.165, 1.54) is 23.1 Å². The summed E-state index contributed by atoms with van der Waals surface area (Å²) in [5.74, 6) is 0.707. The lowest BCUT2D eigenvalue weighted by Crippen LogP contribution is -2.36. The quantitative estimate of drug-likeness (QED) is 0.905. The van der Waals surface area contributed by atoms with Crippen molar-refractivity contribution in [3.8, 4) is 0 Å². The Balaban J connectivity index is 1.37. The van der Waals surface area contributed by atoms with Crippen LogP contribution in [-0.4, -0.2) is 12.6 Å². The normalized spacial score (nSPS) is 23.1. The molecule has 4 rings (SSSR count). The van der Waals surface area contributed by atoms with E-state index in [0.717, 1.165) is 24.4 Å².